The molecule has 4 rings (SSSR count). The molecule has 0 bridgehead atoms. The quantitative estimate of drug-likeness (QED) is 0.856. The van der Waals surface area contributed by atoms with Gasteiger partial charge in [0.2, 0.25) is 5.91 Å². The molecule has 2 fully saturated rings. The predicted molar refractivity (Wildman–Crippen MR) is 113 cm³/mol. The molecule has 1 aromatic carbocycles. The highest BCUT2D eigenvalue weighted by atomic mass is 16.3. The highest BCUT2D eigenvalue weighted by Crippen LogP contribution is 2.29. The number of H-pyrrole nitrogens is 1. The molecular weight excluding hydrogens is 350 g/mol. The van der Waals surface area contributed by atoms with Gasteiger partial charge in [-0.25, -0.2) is 0 Å². The Bertz CT molecular complexity index is 864. The molecule has 152 valence electrons. The number of β-amino-alcohol motifs (C(OH)–C–C–N with tert-alkyl or cyclic N) is 1. The zero-order chi connectivity index (χ0) is 19.8. The number of fused-ring (bicyclic) bond motifs is 1. The topological polar surface area (TPSA) is 59.6 Å². The Labute approximate surface area is 167 Å². The molecule has 5 nitrogen and oxygen atoms in total. The minimum atomic E-state index is -0.176. The molecule has 28 heavy (non-hydrogen) atoms. The molecule has 2 saturated heterocycles. The Balaban J connectivity index is 1.42. The molecule has 2 aromatic rings. The first-order valence-electron chi connectivity index (χ1n) is 10.7. The summed E-state index contributed by atoms with van der Waals surface area (Å²) < 4.78 is 0. The number of benzene rings is 1. The average molecular weight is 384 g/mol. The third-order valence-electron chi connectivity index (χ3n) is 6.78. The van der Waals surface area contributed by atoms with E-state index in [1.807, 2.05) is 4.90 Å². The maximum Gasteiger partial charge on any atom is 0.227 e. The Hall–Kier alpha value is -1.85. The molecule has 2 N–H and O–H groups in total. The van der Waals surface area contributed by atoms with Crippen LogP contribution in [0.4, 0.5) is 0 Å². The van der Waals surface area contributed by atoms with Gasteiger partial charge in [-0.1, -0.05) is 12.1 Å². The van der Waals surface area contributed by atoms with Crippen LogP contribution in [0.2, 0.25) is 0 Å². The number of carbonyl (C=O) groups excluding carboxylic acids is 1. The highest BCUT2D eigenvalue weighted by Gasteiger charge is 2.30. The summed E-state index contributed by atoms with van der Waals surface area (Å²) in [5, 5.41) is 11.2. The summed E-state index contributed by atoms with van der Waals surface area (Å²) in [6.45, 7) is 9.86. The van der Waals surface area contributed by atoms with Gasteiger partial charge in [0.25, 0.3) is 0 Å². The van der Waals surface area contributed by atoms with Crippen LogP contribution in [0.1, 0.15) is 48.1 Å². The van der Waals surface area contributed by atoms with E-state index in [9.17, 15) is 9.90 Å². The van der Waals surface area contributed by atoms with Crippen LogP contribution in [0, 0.1) is 20.8 Å². The number of aliphatic hydroxyl groups excluding tert-OH is 1. The molecule has 0 aliphatic carbocycles. The number of rotatable bonds is 3. The second kappa shape index (κ2) is 7.88. The lowest BCUT2D eigenvalue weighted by molar-refractivity contribution is -0.132. The Morgan fingerprint density at radius 2 is 1.82 bits per heavy atom. The molecule has 5 heteroatoms. The van der Waals surface area contributed by atoms with E-state index >= 15 is 0 Å². The van der Waals surface area contributed by atoms with Crippen LogP contribution in [0.25, 0.3) is 10.9 Å². The molecule has 2 aliphatic rings. The first-order chi connectivity index (χ1) is 13.4. The number of hydrogen-bond donors (Lipinski definition) is 2. The van der Waals surface area contributed by atoms with Gasteiger partial charge in [-0.15, -0.1) is 0 Å². The van der Waals surface area contributed by atoms with Gasteiger partial charge in [0.05, 0.1) is 12.5 Å². The van der Waals surface area contributed by atoms with Crippen molar-refractivity contribution in [2.75, 3.05) is 26.2 Å². The van der Waals surface area contributed by atoms with Crippen LogP contribution in [0.15, 0.2) is 12.1 Å². The van der Waals surface area contributed by atoms with Crippen molar-refractivity contribution in [2.45, 2.75) is 65.0 Å². The average Bonchev–Trinajstić information content (AvgIpc) is 3.02. The number of hydrogen-bond acceptors (Lipinski definition) is 3. The van der Waals surface area contributed by atoms with Gasteiger partial charge in [0, 0.05) is 42.3 Å². The fourth-order valence-corrected chi connectivity index (χ4v) is 5.09. The van der Waals surface area contributed by atoms with Crippen molar-refractivity contribution in [2.24, 2.45) is 0 Å². The zero-order valence-electron chi connectivity index (χ0n) is 17.4. The fraction of sp³-hybridized carbons (Fsp3) is 0.609. The van der Waals surface area contributed by atoms with Crippen LogP contribution in [-0.4, -0.2) is 64.1 Å². The summed E-state index contributed by atoms with van der Waals surface area (Å²) in [5.74, 6) is 0.238. The van der Waals surface area contributed by atoms with E-state index < -0.39 is 0 Å². The lowest BCUT2D eigenvalue weighted by Gasteiger charge is -2.41. The van der Waals surface area contributed by atoms with Crippen molar-refractivity contribution in [3.05, 3.63) is 34.5 Å². The second-order valence-electron chi connectivity index (χ2n) is 8.76. The molecule has 0 spiro atoms. The third-order valence-corrected chi connectivity index (χ3v) is 6.78. The molecule has 0 radical (unpaired) electrons. The van der Waals surface area contributed by atoms with E-state index in [0.717, 1.165) is 63.1 Å². The van der Waals surface area contributed by atoms with Gasteiger partial charge in [-0.05, 0) is 69.7 Å². The number of aliphatic hydroxyl groups is 1. The summed E-state index contributed by atoms with van der Waals surface area (Å²) in [6, 6.07) is 4.80. The summed E-state index contributed by atoms with van der Waals surface area (Å²) in [5.41, 5.74) is 5.89. The molecule has 1 atom stereocenters. The maximum atomic E-state index is 13.1. The number of nitrogens with zero attached hydrogens (tertiary/aromatic N) is 2. The van der Waals surface area contributed by atoms with E-state index in [0.29, 0.717) is 12.5 Å². The van der Waals surface area contributed by atoms with Crippen LogP contribution in [0.3, 0.4) is 0 Å². The van der Waals surface area contributed by atoms with Gasteiger partial charge in [-0.3, -0.25) is 9.69 Å². The number of amides is 1. The highest BCUT2D eigenvalue weighted by molar-refractivity contribution is 5.93. The van der Waals surface area contributed by atoms with E-state index in [2.05, 4.69) is 42.8 Å². The number of aromatic nitrogens is 1. The van der Waals surface area contributed by atoms with Crippen molar-refractivity contribution in [1.29, 1.82) is 0 Å². The maximum absolute atomic E-state index is 13.1. The molecular formula is C23H33N3O2. The lowest BCUT2D eigenvalue weighted by Crippen LogP contribution is -2.50. The standard InChI is InChI=1S/C23H33N3O2/c1-15-6-7-16(2)23-22(15)20(17(3)24-23)13-21(28)25-11-8-18(9-12-25)26-10-4-5-19(27)14-26/h6-7,18-19,24,27H,4-5,8-14H2,1-3H3/t19-/m0/s1. The Morgan fingerprint density at radius 3 is 2.54 bits per heavy atom. The smallest absolute Gasteiger partial charge is 0.227 e. The zero-order valence-corrected chi connectivity index (χ0v) is 17.4. The molecule has 3 heterocycles. The van der Waals surface area contributed by atoms with Crippen molar-refractivity contribution >= 4 is 16.8 Å². The van der Waals surface area contributed by atoms with Gasteiger partial charge < -0.3 is 15.0 Å². The molecule has 0 unspecified atom stereocenters. The van der Waals surface area contributed by atoms with Gasteiger partial charge in [0.15, 0.2) is 0 Å². The van der Waals surface area contributed by atoms with E-state index in [1.54, 1.807) is 0 Å². The monoisotopic (exact) mass is 383 g/mol. The minimum Gasteiger partial charge on any atom is -0.392 e. The number of likely N-dealkylation sites (tertiary alicyclic amines) is 2. The van der Waals surface area contributed by atoms with Crippen molar-refractivity contribution < 1.29 is 9.90 Å². The second-order valence-corrected chi connectivity index (χ2v) is 8.76. The number of carbonyl (C=O) groups is 1. The first-order valence-corrected chi connectivity index (χ1v) is 10.7. The van der Waals surface area contributed by atoms with E-state index in [1.165, 1.54) is 22.0 Å². The Kier molecular flexibility index (Phi) is 5.48. The number of aromatic amines is 1. The van der Waals surface area contributed by atoms with Crippen LogP contribution >= 0.6 is 0 Å². The summed E-state index contributed by atoms with van der Waals surface area (Å²) >= 11 is 0. The Morgan fingerprint density at radius 1 is 1.11 bits per heavy atom. The minimum absolute atomic E-state index is 0.176. The van der Waals surface area contributed by atoms with E-state index in [4.69, 9.17) is 0 Å². The number of nitrogens with one attached hydrogen (secondary N) is 1. The first kappa shape index (κ1) is 19.5. The summed E-state index contributed by atoms with van der Waals surface area (Å²) in [7, 11) is 0. The van der Waals surface area contributed by atoms with Gasteiger partial charge in [0.1, 0.15) is 0 Å². The fourth-order valence-electron chi connectivity index (χ4n) is 5.09. The van der Waals surface area contributed by atoms with Crippen LogP contribution in [-0.2, 0) is 11.2 Å². The molecule has 1 amide bonds. The van der Waals surface area contributed by atoms with Crippen molar-refractivity contribution in [3.63, 3.8) is 0 Å². The summed E-state index contributed by atoms with van der Waals surface area (Å²) in [4.78, 5) is 21.0. The van der Waals surface area contributed by atoms with Crippen molar-refractivity contribution in [3.8, 4) is 0 Å². The largest absolute Gasteiger partial charge is 0.392 e. The van der Waals surface area contributed by atoms with Crippen LogP contribution in [0.5, 0.6) is 0 Å². The summed E-state index contributed by atoms with van der Waals surface area (Å²) in [6.07, 6.45) is 4.34. The predicted octanol–water partition coefficient (Wildman–Crippen LogP) is 3.08. The molecule has 0 saturated carbocycles. The SMILES string of the molecule is Cc1[nH]c2c(C)ccc(C)c2c1CC(=O)N1CCC(N2CCC[C@H](O)C2)CC1. The third kappa shape index (κ3) is 3.70. The molecule has 2 aliphatic heterocycles. The molecule has 1 aromatic heterocycles. The van der Waals surface area contributed by atoms with Gasteiger partial charge in [-0.2, -0.15) is 0 Å². The number of aryl methyl sites for hydroxylation is 3. The van der Waals surface area contributed by atoms with E-state index in [-0.39, 0.29) is 12.0 Å². The lowest BCUT2D eigenvalue weighted by atomic mass is 9.97. The van der Waals surface area contributed by atoms with Gasteiger partial charge >= 0.3 is 0 Å². The normalized spacial score (nSPS) is 22.1. The van der Waals surface area contributed by atoms with Crippen molar-refractivity contribution in [1.82, 2.24) is 14.8 Å². The number of piperidine rings is 2. The van der Waals surface area contributed by atoms with Crippen LogP contribution < -0.4 is 0 Å².